The van der Waals surface area contributed by atoms with Crippen molar-refractivity contribution >= 4 is 27.7 Å². The molecule has 136 valence electrons. The Labute approximate surface area is 162 Å². The summed E-state index contributed by atoms with van der Waals surface area (Å²) in [5.41, 5.74) is 9.75. The maximum absolute atomic E-state index is 6.07. The number of aromatic nitrogens is 2. The van der Waals surface area contributed by atoms with Crippen LogP contribution in [-0.4, -0.2) is 16.5 Å². The Morgan fingerprint density at radius 1 is 1.38 bits per heavy atom. The number of nitrogens with one attached hydrogen (secondary N) is 2. The van der Waals surface area contributed by atoms with Crippen LogP contribution in [0.15, 0.2) is 59.0 Å². The number of halogens is 1. The lowest BCUT2D eigenvalue weighted by Crippen LogP contribution is -2.13. The molecule has 6 heteroatoms. The molecule has 0 aliphatic heterocycles. The molecule has 0 bridgehead atoms. The van der Waals surface area contributed by atoms with Gasteiger partial charge < -0.3 is 16.4 Å². The zero-order chi connectivity index (χ0) is 18.5. The molecule has 1 aliphatic carbocycles. The van der Waals surface area contributed by atoms with Gasteiger partial charge in [-0.15, -0.1) is 0 Å². The third kappa shape index (κ3) is 5.08. The molecule has 0 atom stereocenters. The Kier molecular flexibility index (Phi) is 5.93. The average Bonchev–Trinajstić information content (AvgIpc) is 3.44. The Morgan fingerprint density at radius 2 is 2.15 bits per heavy atom. The summed E-state index contributed by atoms with van der Waals surface area (Å²) in [5, 5.41) is 6.39. The summed E-state index contributed by atoms with van der Waals surface area (Å²) >= 11 is 3.46. The molecule has 1 aromatic carbocycles. The molecule has 0 amide bonds. The van der Waals surface area contributed by atoms with Crippen LogP contribution >= 0.6 is 15.9 Å². The van der Waals surface area contributed by atoms with E-state index in [4.69, 9.17) is 5.73 Å². The lowest BCUT2D eigenvalue weighted by Gasteiger charge is -2.11. The highest BCUT2D eigenvalue weighted by Gasteiger charge is 2.23. The second-order valence-electron chi connectivity index (χ2n) is 6.57. The Hall–Kier alpha value is -2.34. The molecule has 0 saturated heterocycles. The summed E-state index contributed by atoms with van der Waals surface area (Å²) in [6, 6.07) is 8.38. The van der Waals surface area contributed by atoms with Crippen LogP contribution in [0.3, 0.4) is 0 Å². The first-order chi connectivity index (χ1) is 12.5. The minimum absolute atomic E-state index is 0.534. The lowest BCUT2D eigenvalue weighted by atomic mass is 10.1. The number of benzene rings is 1. The first kappa shape index (κ1) is 18.5. The number of rotatable bonds is 8. The molecule has 4 N–H and O–H groups in total. The predicted octanol–water partition coefficient (Wildman–Crippen LogP) is 4.38. The van der Waals surface area contributed by atoms with E-state index in [1.165, 1.54) is 24.0 Å². The van der Waals surface area contributed by atoms with E-state index < -0.39 is 0 Å². The van der Waals surface area contributed by atoms with Crippen LogP contribution in [0.1, 0.15) is 24.0 Å². The van der Waals surface area contributed by atoms with E-state index in [0.717, 1.165) is 23.0 Å². The molecule has 1 saturated carbocycles. The van der Waals surface area contributed by atoms with Gasteiger partial charge in [0.05, 0.1) is 4.47 Å². The standard InChI is InChI=1S/C20H24BrN5/c1-13-5-3-4-6-15(13)9-10-23-20-24-12-17(21)19(26-20)25-18(22)11-14(2)16-7-8-16/h3-6,11-12,16H,2,7-10,22H2,1H3,(H2,23,24,25,26)/b18-11+. The number of nitrogens with two attached hydrogens (primary N) is 1. The van der Waals surface area contributed by atoms with Crippen molar-refractivity contribution in [1.82, 2.24) is 9.97 Å². The second-order valence-corrected chi connectivity index (χ2v) is 7.42. The van der Waals surface area contributed by atoms with Crippen molar-refractivity contribution in [2.75, 3.05) is 17.2 Å². The van der Waals surface area contributed by atoms with E-state index in [9.17, 15) is 0 Å². The molecule has 0 radical (unpaired) electrons. The summed E-state index contributed by atoms with van der Waals surface area (Å²) in [5.74, 6) is 2.32. The molecule has 3 rings (SSSR count). The highest BCUT2D eigenvalue weighted by atomic mass is 79.9. The van der Waals surface area contributed by atoms with Crippen molar-refractivity contribution in [1.29, 1.82) is 0 Å². The van der Waals surface area contributed by atoms with Gasteiger partial charge in [-0.1, -0.05) is 30.8 Å². The summed E-state index contributed by atoms with van der Waals surface area (Å²) in [6.45, 7) is 6.94. The third-order valence-corrected chi connectivity index (χ3v) is 4.97. The molecule has 2 aromatic rings. The number of allylic oxidation sites excluding steroid dienone is 2. The fourth-order valence-corrected chi connectivity index (χ4v) is 2.97. The Bertz CT molecular complexity index is 827. The van der Waals surface area contributed by atoms with Crippen molar-refractivity contribution in [2.24, 2.45) is 11.7 Å². The SMILES string of the molecule is C=C(/C=C(\N)Nc1nc(NCCc2ccccc2C)ncc1Br)C1CC1. The van der Waals surface area contributed by atoms with E-state index in [1.54, 1.807) is 6.20 Å². The van der Waals surface area contributed by atoms with Gasteiger partial charge in [0, 0.05) is 12.7 Å². The van der Waals surface area contributed by atoms with E-state index in [2.05, 4.69) is 74.3 Å². The molecule has 26 heavy (non-hydrogen) atoms. The van der Waals surface area contributed by atoms with Gasteiger partial charge in [0.25, 0.3) is 0 Å². The molecule has 1 aromatic heterocycles. The fourth-order valence-electron chi connectivity index (χ4n) is 2.68. The van der Waals surface area contributed by atoms with Crippen molar-refractivity contribution in [3.8, 4) is 0 Å². The third-order valence-electron chi connectivity index (χ3n) is 4.39. The van der Waals surface area contributed by atoms with Crippen LogP contribution in [-0.2, 0) is 6.42 Å². The summed E-state index contributed by atoms with van der Waals surface area (Å²) in [6.07, 6.45) is 6.92. The van der Waals surface area contributed by atoms with Crippen molar-refractivity contribution in [2.45, 2.75) is 26.2 Å². The summed E-state index contributed by atoms with van der Waals surface area (Å²) < 4.78 is 0.760. The van der Waals surface area contributed by atoms with Gasteiger partial charge in [0.15, 0.2) is 5.82 Å². The van der Waals surface area contributed by atoms with E-state index in [1.807, 2.05) is 6.08 Å². The molecule has 1 fully saturated rings. The van der Waals surface area contributed by atoms with Crippen LogP contribution in [0.25, 0.3) is 0 Å². The topological polar surface area (TPSA) is 75.9 Å². The van der Waals surface area contributed by atoms with Crippen LogP contribution in [0.5, 0.6) is 0 Å². The normalized spacial score (nSPS) is 14.2. The number of hydrogen-bond acceptors (Lipinski definition) is 5. The molecular weight excluding hydrogens is 390 g/mol. The van der Waals surface area contributed by atoms with E-state index in [0.29, 0.717) is 23.5 Å². The first-order valence-electron chi connectivity index (χ1n) is 8.77. The lowest BCUT2D eigenvalue weighted by molar-refractivity contribution is 0.972. The van der Waals surface area contributed by atoms with Crippen molar-refractivity contribution in [3.05, 3.63) is 70.1 Å². The average molecular weight is 414 g/mol. The van der Waals surface area contributed by atoms with Crippen LogP contribution in [0, 0.1) is 12.8 Å². The fraction of sp³-hybridized carbons (Fsp3) is 0.300. The molecular formula is C20H24BrN5. The van der Waals surface area contributed by atoms with Crippen LogP contribution < -0.4 is 16.4 Å². The van der Waals surface area contributed by atoms with Crippen molar-refractivity contribution < 1.29 is 0 Å². The summed E-state index contributed by atoms with van der Waals surface area (Å²) in [4.78, 5) is 8.82. The van der Waals surface area contributed by atoms with Crippen LogP contribution in [0.2, 0.25) is 0 Å². The monoisotopic (exact) mass is 413 g/mol. The number of anilines is 2. The summed E-state index contributed by atoms with van der Waals surface area (Å²) in [7, 11) is 0. The quantitative estimate of drug-likeness (QED) is 0.559. The highest BCUT2D eigenvalue weighted by molar-refractivity contribution is 9.10. The minimum Gasteiger partial charge on any atom is -0.385 e. The van der Waals surface area contributed by atoms with Crippen molar-refractivity contribution in [3.63, 3.8) is 0 Å². The Balaban J connectivity index is 1.60. The van der Waals surface area contributed by atoms with Gasteiger partial charge in [-0.2, -0.15) is 4.98 Å². The molecule has 5 nitrogen and oxygen atoms in total. The zero-order valence-corrected chi connectivity index (χ0v) is 16.5. The van der Waals surface area contributed by atoms with Gasteiger partial charge in [-0.25, -0.2) is 4.98 Å². The van der Waals surface area contributed by atoms with Gasteiger partial charge in [0.1, 0.15) is 5.82 Å². The maximum Gasteiger partial charge on any atom is 0.224 e. The number of nitrogens with zero attached hydrogens (tertiary/aromatic N) is 2. The van der Waals surface area contributed by atoms with E-state index >= 15 is 0 Å². The van der Waals surface area contributed by atoms with Gasteiger partial charge in [-0.3, -0.25) is 0 Å². The van der Waals surface area contributed by atoms with Gasteiger partial charge in [-0.05, 0) is 70.8 Å². The van der Waals surface area contributed by atoms with E-state index in [-0.39, 0.29) is 0 Å². The van der Waals surface area contributed by atoms with Gasteiger partial charge in [0.2, 0.25) is 5.95 Å². The minimum atomic E-state index is 0.534. The smallest absolute Gasteiger partial charge is 0.224 e. The maximum atomic E-state index is 6.07. The van der Waals surface area contributed by atoms with Crippen LogP contribution in [0.4, 0.5) is 11.8 Å². The predicted molar refractivity (Wildman–Crippen MR) is 111 cm³/mol. The largest absolute Gasteiger partial charge is 0.385 e. The zero-order valence-electron chi connectivity index (χ0n) is 14.9. The number of aryl methyl sites for hydroxylation is 1. The van der Waals surface area contributed by atoms with Gasteiger partial charge >= 0.3 is 0 Å². The first-order valence-corrected chi connectivity index (χ1v) is 9.56. The Morgan fingerprint density at radius 3 is 2.88 bits per heavy atom. The molecule has 1 aliphatic rings. The molecule has 0 spiro atoms. The highest BCUT2D eigenvalue weighted by Crippen LogP contribution is 2.36. The molecule has 0 unspecified atom stereocenters. The molecule has 1 heterocycles. The number of hydrogen-bond donors (Lipinski definition) is 3. The second kappa shape index (κ2) is 8.36.